The molecule has 4 nitrogen and oxygen atoms in total. The van der Waals surface area contributed by atoms with Gasteiger partial charge in [-0.2, -0.15) is 4.31 Å². The largest absolute Gasteiger partial charge is 0.246 e. The Morgan fingerprint density at radius 1 is 1.61 bits per heavy atom. The molecule has 0 saturated carbocycles. The molecule has 18 heavy (non-hydrogen) atoms. The van der Waals surface area contributed by atoms with Crippen LogP contribution in [0.15, 0.2) is 21.6 Å². The number of aromatic nitrogens is 1. The maximum atomic E-state index is 12.6. The van der Waals surface area contributed by atoms with Crippen LogP contribution in [-0.2, 0) is 10.0 Å². The van der Waals surface area contributed by atoms with E-state index in [1.807, 2.05) is 6.92 Å². The molecule has 1 aromatic rings. The van der Waals surface area contributed by atoms with E-state index < -0.39 is 10.0 Å². The number of halogens is 2. The molecule has 0 aromatic carbocycles. The fourth-order valence-electron chi connectivity index (χ4n) is 2.24. The lowest BCUT2D eigenvalue weighted by molar-refractivity contribution is 0.379. The molecule has 1 aromatic heterocycles. The summed E-state index contributed by atoms with van der Waals surface area (Å²) in [7, 11) is -3.54. The highest BCUT2D eigenvalue weighted by molar-refractivity contribution is 9.10. The third-order valence-corrected chi connectivity index (χ3v) is 5.97. The number of nitrogens with zero attached hydrogens (tertiary/aromatic N) is 2. The van der Waals surface area contributed by atoms with Crippen LogP contribution in [0.3, 0.4) is 0 Å². The summed E-state index contributed by atoms with van der Waals surface area (Å²) in [6.45, 7) is 2.56. The molecule has 2 heterocycles. The number of hydrogen-bond acceptors (Lipinski definition) is 3. The first-order valence-electron chi connectivity index (χ1n) is 5.79. The highest BCUT2D eigenvalue weighted by atomic mass is 79.9. The second-order valence-electron chi connectivity index (χ2n) is 4.26. The maximum absolute atomic E-state index is 12.6. The lowest BCUT2D eigenvalue weighted by atomic mass is 10.2. The predicted molar refractivity (Wildman–Crippen MR) is 74.2 cm³/mol. The van der Waals surface area contributed by atoms with E-state index in [1.54, 1.807) is 4.31 Å². The van der Waals surface area contributed by atoms with Crippen molar-refractivity contribution in [3.05, 3.63) is 21.9 Å². The van der Waals surface area contributed by atoms with Crippen LogP contribution in [0.4, 0.5) is 0 Å². The van der Waals surface area contributed by atoms with Crippen LogP contribution in [0.5, 0.6) is 0 Å². The molecule has 1 atom stereocenters. The zero-order valence-corrected chi connectivity index (χ0v) is 13.1. The average Bonchev–Trinajstić information content (AvgIpc) is 2.81. The van der Waals surface area contributed by atoms with Crippen LogP contribution in [0.1, 0.15) is 26.2 Å². The van der Waals surface area contributed by atoms with Crippen molar-refractivity contribution in [2.75, 3.05) is 6.54 Å². The number of hydrogen-bond donors (Lipinski definition) is 0. The van der Waals surface area contributed by atoms with Crippen molar-refractivity contribution >= 4 is 37.6 Å². The monoisotopic (exact) mass is 352 g/mol. The van der Waals surface area contributed by atoms with Crippen molar-refractivity contribution in [3.63, 3.8) is 0 Å². The van der Waals surface area contributed by atoms with Crippen LogP contribution >= 0.6 is 27.5 Å². The van der Waals surface area contributed by atoms with Crippen molar-refractivity contribution in [1.29, 1.82) is 0 Å². The molecule has 0 amide bonds. The third-order valence-electron chi connectivity index (χ3n) is 3.15. The normalized spacial score (nSPS) is 21.4. The van der Waals surface area contributed by atoms with Crippen LogP contribution in [0.2, 0.25) is 5.15 Å². The quantitative estimate of drug-likeness (QED) is 0.785. The minimum atomic E-state index is -3.54. The molecule has 1 fully saturated rings. The summed E-state index contributed by atoms with van der Waals surface area (Å²) in [6, 6.07) is 1.58. The molecule has 2 rings (SSSR count). The summed E-state index contributed by atoms with van der Waals surface area (Å²) in [5, 5.41) is 0.0277. The molecule has 0 bridgehead atoms. The molecule has 1 unspecified atom stereocenters. The highest BCUT2D eigenvalue weighted by Gasteiger charge is 2.35. The van der Waals surface area contributed by atoms with Gasteiger partial charge in [-0.1, -0.05) is 18.5 Å². The summed E-state index contributed by atoms with van der Waals surface area (Å²) < 4.78 is 27.3. The van der Waals surface area contributed by atoms with Gasteiger partial charge in [0.1, 0.15) is 10.0 Å². The Morgan fingerprint density at radius 2 is 2.33 bits per heavy atom. The van der Waals surface area contributed by atoms with E-state index in [0.717, 1.165) is 19.3 Å². The van der Waals surface area contributed by atoms with Crippen molar-refractivity contribution in [2.45, 2.75) is 37.1 Å². The zero-order valence-electron chi connectivity index (χ0n) is 9.94. The smallest absolute Gasteiger partial charge is 0.242 e. The van der Waals surface area contributed by atoms with Crippen molar-refractivity contribution in [1.82, 2.24) is 9.29 Å². The zero-order chi connectivity index (χ0) is 13.3. The molecule has 0 N–H and O–H groups in total. The highest BCUT2D eigenvalue weighted by Crippen LogP contribution is 2.31. The van der Waals surface area contributed by atoms with Crippen LogP contribution in [0.25, 0.3) is 0 Å². The fourth-order valence-corrected chi connectivity index (χ4v) is 4.93. The molecule has 1 aliphatic heterocycles. The first-order valence-corrected chi connectivity index (χ1v) is 8.40. The molecular weight excluding hydrogens is 340 g/mol. The Hall–Kier alpha value is -0.170. The second kappa shape index (κ2) is 5.45. The van der Waals surface area contributed by atoms with E-state index in [2.05, 4.69) is 20.9 Å². The molecule has 0 radical (unpaired) electrons. The summed E-state index contributed by atoms with van der Waals surface area (Å²) >= 11 is 9.14. The number of pyridine rings is 1. The van der Waals surface area contributed by atoms with Gasteiger partial charge < -0.3 is 0 Å². The van der Waals surface area contributed by atoms with Gasteiger partial charge in [0, 0.05) is 23.3 Å². The minimum absolute atomic E-state index is 0.0277. The van der Waals surface area contributed by atoms with Gasteiger partial charge in [0.05, 0.1) is 0 Å². The van der Waals surface area contributed by atoms with Gasteiger partial charge in [-0.15, -0.1) is 0 Å². The van der Waals surface area contributed by atoms with E-state index >= 15 is 0 Å². The van der Waals surface area contributed by atoms with E-state index in [0.29, 0.717) is 11.0 Å². The average molecular weight is 354 g/mol. The van der Waals surface area contributed by atoms with Gasteiger partial charge >= 0.3 is 0 Å². The van der Waals surface area contributed by atoms with Crippen molar-refractivity contribution in [3.8, 4) is 0 Å². The number of sulfonamides is 1. The maximum Gasteiger partial charge on any atom is 0.246 e. The van der Waals surface area contributed by atoms with Crippen LogP contribution < -0.4 is 0 Å². The van der Waals surface area contributed by atoms with E-state index in [9.17, 15) is 8.42 Å². The molecule has 0 spiro atoms. The lowest BCUT2D eigenvalue weighted by Crippen LogP contribution is -2.35. The fraction of sp³-hybridized carbons (Fsp3) is 0.545. The first kappa shape index (κ1) is 14.2. The summed E-state index contributed by atoms with van der Waals surface area (Å²) in [5.74, 6) is 0. The molecule has 100 valence electrons. The van der Waals surface area contributed by atoms with Gasteiger partial charge in [0.15, 0.2) is 0 Å². The van der Waals surface area contributed by atoms with Crippen LogP contribution in [-0.4, -0.2) is 30.3 Å². The third kappa shape index (κ3) is 2.57. The Morgan fingerprint density at radius 3 is 3.00 bits per heavy atom. The Bertz CT molecular complexity index is 550. The molecule has 1 saturated heterocycles. The van der Waals surface area contributed by atoms with E-state index in [-0.39, 0.29) is 16.1 Å². The minimum Gasteiger partial charge on any atom is -0.242 e. The van der Waals surface area contributed by atoms with Gasteiger partial charge in [0.25, 0.3) is 0 Å². The summed E-state index contributed by atoms with van der Waals surface area (Å²) in [6.07, 6.45) is 4.12. The van der Waals surface area contributed by atoms with E-state index in [1.165, 1.54) is 12.3 Å². The van der Waals surface area contributed by atoms with Gasteiger partial charge in [0.2, 0.25) is 10.0 Å². The standard InChI is InChI=1S/C11H14BrClN2O2S/c1-2-9-4-3-5-15(9)18(16,17)10-6-8(12)7-14-11(10)13/h6-7,9H,2-5H2,1H3. The molecular formula is C11H14BrClN2O2S. The Kier molecular flexibility index (Phi) is 4.31. The van der Waals surface area contributed by atoms with Crippen molar-refractivity contribution < 1.29 is 8.42 Å². The molecule has 1 aliphatic rings. The van der Waals surface area contributed by atoms with Crippen LogP contribution in [0, 0.1) is 0 Å². The predicted octanol–water partition coefficient (Wildman–Crippen LogP) is 3.06. The van der Waals surface area contributed by atoms with Gasteiger partial charge in [-0.25, -0.2) is 13.4 Å². The summed E-state index contributed by atoms with van der Waals surface area (Å²) in [4.78, 5) is 3.96. The first-order chi connectivity index (χ1) is 8.46. The van der Waals surface area contributed by atoms with Gasteiger partial charge in [-0.3, -0.25) is 0 Å². The SMILES string of the molecule is CCC1CCCN1S(=O)(=O)c1cc(Br)cnc1Cl. The Labute approximate surface area is 121 Å². The summed E-state index contributed by atoms with van der Waals surface area (Å²) in [5.41, 5.74) is 0. The molecule has 0 aliphatic carbocycles. The Balaban J connectivity index is 2.45. The van der Waals surface area contributed by atoms with E-state index in [4.69, 9.17) is 11.6 Å². The van der Waals surface area contributed by atoms with Crippen molar-refractivity contribution in [2.24, 2.45) is 0 Å². The van der Waals surface area contributed by atoms with Gasteiger partial charge in [-0.05, 0) is 41.3 Å². The molecule has 7 heteroatoms. The number of rotatable bonds is 3. The lowest BCUT2D eigenvalue weighted by Gasteiger charge is -2.23. The second-order valence-corrected chi connectivity index (χ2v) is 7.40. The topological polar surface area (TPSA) is 50.3 Å².